The first-order valence-corrected chi connectivity index (χ1v) is 7.08. The van der Waals surface area contributed by atoms with Crippen molar-refractivity contribution in [3.05, 3.63) is 28.8 Å². The number of nitrogens with one attached hydrogen (secondary N) is 1. The SMILES string of the molecule is CNN=C(C)c1cc(C(C)(C)C)c(O)c(C(C)(C)C)c1. The molecule has 0 spiro atoms. The van der Waals surface area contributed by atoms with Crippen molar-refractivity contribution in [2.75, 3.05) is 7.05 Å². The lowest BCUT2D eigenvalue weighted by Gasteiger charge is -2.28. The number of benzene rings is 1. The number of nitrogens with zero attached hydrogens (tertiary/aromatic N) is 1. The molecule has 0 saturated carbocycles. The number of rotatable bonds is 2. The maximum Gasteiger partial charge on any atom is 0.123 e. The highest BCUT2D eigenvalue weighted by Gasteiger charge is 2.26. The van der Waals surface area contributed by atoms with E-state index in [-0.39, 0.29) is 10.8 Å². The lowest BCUT2D eigenvalue weighted by atomic mass is 9.78. The van der Waals surface area contributed by atoms with Crippen LogP contribution >= 0.6 is 0 Å². The van der Waals surface area contributed by atoms with Crippen molar-refractivity contribution in [3.63, 3.8) is 0 Å². The number of hydrogen-bond acceptors (Lipinski definition) is 3. The molecule has 0 unspecified atom stereocenters. The first-order valence-electron chi connectivity index (χ1n) is 7.08. The van der Waals surface area contributed by atoms with E-state index in [1.807, 2.05) is 19.1 Å². The number of phenols is 1. The Hall–Kier alpha value is -1.51. The molecule has 112 valence electrons. The van der Waals surface area contributed by atoms with E-state index >= 15 is 0 Å². The third-order valence-corrected chi connectivity index (χ3v) is 3.42. The van der Waals surface area contributed by atoms with Crippen LogP contribution in [0.2, 0.25) is 0 Å². The third kappa shape index (κ3) is 3.53. The molecule has 0 radical (unpaired) electrons. The normalized spacial score (nSPS) is 13.5. The third-order valence-electron chi connectivity index (χ3n) is 3.42. The zero-order valence-corrected chi connectivity index (χ0v) is 14.0. The first kappa shape index (κ1) is 16.5. The summed E-state index contributed by atoms with van der Waals surface area (Å²) in [6, 6.07) is 4.08. The fourth-order valence-corrected chi connectivity index (χ4v) is 2.22. The topological polar surface area (TPSA) is 44.6 Å². The predicted octanol–water partition coefficient (Wildman–Crippen LogP) is 3.93. The van der Waals surface area contributed by atoms with Crippen molar-refractivity contribution in [1.29, 1.82) is 0 Å². The van der Waals surface area contributed by atoms with Crippen LogP contribution < -0.4 is 5.43 Å². The monoisotopic (exact) mass is 276 g/mol. The molecule has 1 aromatic carbocycles. The van der Waals surface area contributed by atoms with E-state index in [4.69, 9.17) is 0 Å². The average molecular weight is 276 g/mol. The van der Waals surface area contributed by atoms with Gasteiger partial charge in [-0.1, -0.05) is 41.5 Å². The summed E-state index contributed by atoms with van der Waals surface area (Å²) in [6.45, 7) is 14.7. The van der Waals surface area contributed by atoms with E-state index in [1.165, 1.54) is 0 Å². The van der Waals surface area contributed by atoms with Gasteiger partial charge in [0.25, 0.3) is 0 Å². The predicted molar refractivity (Wildman–Crippen MR) is 86.8 cm³/mol. The van der Waals surface area contributed by atoms with Crippen molar-refractivity contribution in [1.82, 2.24) is 5.43 Å². The van der Waals surface area contributed by atoms with Crippen LogP contribution in [-0.4, -0.2) is 17.9 Å². The number of phenolic OH excluding ortho intramolecular Hbond substituents is 1. The second-order valence-electron chi connectivity index (χ2n) is 7.34. The van der Waals surface area contributed by atoms with Gasteiger partial charge in [-0.2, -0.15) is 5.10 Å². The second kappa shape index (κ2) is 5.47. The van der Waals surface area contributed by atoms with E-state index in [9.17, 15) is 5.11 Å². The van der Waals surface area contributed by atoms with Gasteiger partial charge < -0.3 is 10.5 Å². The average Bonchev–Trinajstić information content (AvgIpc) is 2.26. The molecule has 0 aliphatic carbocycles. The van der Waals surface area contributed by atoms with Gasteiger partial charge in [-0.05, 0) is 35.4 Å². The summed E-state index contributed by atoms with van der Waals surface area (Å²) >= 11 is 0. The zero-order chi connectivity index (χ0) is 15.7. The molecule has 0 fully saturated rings. The number of aromatic hydroxyl groups is 1. The molecule has 0 heterocycles. The van der Waals surface area contributed by atoms with Gasteiger partial charge in [-0.3, -0.25) is 0 Å². The molecular weight excluding hydrogens is 248 g/mol. The molecule has 20 heavy (non-hydrogen) atoms. The minimum absolute atomic E-state index is 0.111. The van der Waals surface area contributed by atoms with Crippen LogP contribution in [0.25, 0.3) is 0 Å². The van der Waals surface area contributed by atoms with Crippen LogP contribution in [0.4, 0.5) is 0 Å². The van der Waals surface area contributed by atoms with Gasteiger partial charge in [0.15, 0.2) is 0 Å². The smallest absolute Gasteiger partial charge is 0.123 e. The largest absolute Gasteiger partial charge is 0.507 e. The highest BCUT2D eigenvalue weighted by atomic mass is 16.3. The Kier molecular flexibility index (Phi) is 4.52. The molecule has 1 rings (SSSR count). The molecule has 0 saturated heterocycles. The quantitative estimate of drug-likeness (QED) is 0.635. The molecule has 3 nitrogen and oxygen atoms in total. The van der Waals surface area contributed by atoms with Crippen LogP contribution in [0, 0.1) is 0 Å². The molecule has 0 aromatic heterocycles. The van der Waals surface area contributed by atoms with Gasteiger partial charge in [0.1, 0.15) is 5.75 Å². The Morgan fingerprint density at radius 3 is 1.70 bits per heavy atom. The van der Waals surface area contributed by atoms with Gasteiger partial charge in [-0.25, -0.2) is 0 Å². The molecule has 0 aliphatic heterocycles. The molecule has 1 aromatic rings. The molecule has 0 bridgehead atoms. The van der Waals surface area contributed by atoms with Gasteiger partial charge in [0.2, 0.25) is 0 Å². The zero-order valence-electron chi connectivity index (χ0n) is 14.0. The van der Waals surface area contributed by atoms with Gasteiger partial charge in [0, 0.05) is 18.2 Å². The van der Waals surface area contributed by atoms with Crippen molar-refractivity contribution < 1.29 is 5.11 Å². The summed E-state index contributed by atoms with van der Waals surface area (Å²) in [6.07, 6.45) is 0. The fraction of sp³-hybridized carbons (Fsp3) is 0.588. The van der Waals surface area contributed by atoms with Crippen LogP contribution in [-0.2, 0) is 10.8 Å². The second-order valence-corrected chi connectivity index (χ2v) is 7.34. The van der Waals surface area contributed by atoms with E-state index in [0.717, 1.165) is 22.4 Å². The molecular formula is C17H28N2O. The van der Waals surface area contributed by atoms with Gasteiger partial charge in [0.05, 0.1) is 5.71 Å². The van der Waals surface area contributed by atoms with E-state index in [2.05, 4.69) is 52.1 Å². The van der Waals surface area contributed by atoms with Crippen LogP contribution in [0.15, 0.2) is 17.2 Å². The Morgan fingerprint density at radius 1 is 1.00 bits per heavy atom. The van der Waals surface area contributed by atoms with E-state index in [0.29, 0.717) is 5.75 Å². The summed E-state index contributed by atoms with van der Waals surface area (Å²) in [7, 11) is 1.79. The van der Waals surface area contributed by atoms with Crippen molar-refractivity contribution in [2.24, 2.45) is 5.10 Å². The Morgan fingerprint density at radius 2 is 1.40 bits per heavy atom. The number of hydrazone groups is 1. The Balaban J connectivity index is 3.63. The minimum atomic E-state index is -0.111. The molecule has 0 amide bonds. The van der Waals surface area contributed by atoms with Crippen molar-refractivity contribution >= 4 is 5.71 Å². The van der Waals surface area contributed by atoms with Crippen LogP contribution in [0.5, 0.6) is 5.75 Å². The lowest BCUT2D eigenvalue weighted by molar-refractivity contribution is 0.423. The van der Waals surface area contributed by atoms with Gasteiger partial charge >= 0.3 is 0 Å². The highest BCUT2D eigenvalue weighted by molar-refractivity contribution is 5.99. The van der Waals surface area contributed by atoms with Crippen LogP contribution in [0.1, 0.15) is 65.2 Å². The molecule has 2 N–H and O–H groups in total. The minimum Gasteiger partial charge on any atom is -0.507 e. The molecule has 0 aliphatic rings. The van der Waals surface area contributed by atoms with Gasteiger partial charge in [-0.15, -0.1) is 0 Å². The molecule has 3 heteroatoms. The lowest BCUT2D eigenvalue weighted by Crippen LogP contribution is -2.19. The fourth-order valence-electron chi connectivity index (χ4n) is 2.22. The van der Waals surface area contributed by atoms with E-state index < -0.39 is 0 Å². The number of hydrogen-bond donors (Lipinski definition) is 2. The summed E-state index contributed by atoms with van der Waals surface area (Å²) in [5.41, 5.74) is 6.50. The maximum atomic E-state index is 10.6. The summed E-state index contributed by atoms with van der Waals surface area (Å²) < 4.78 is 0. The van der Waals surface area contributed by atoms with Crippen molar-refractivity contribution in [3.8, 4) is 5.75 Å². The summed E-state index contributed by atoms with van der Waals surface area (Å²) in [5.74, 6) is 0.408. The highest BCUT2D eigenvalue weighted by Crippen LogP contribution is 2.39. The van der Waals surface area contributed by atoms with Crippen LogP contribution in [0.3, 0.4) is 0 Å². The summed E-state index contributed by atoms with van der Waals surface area (Å²) in [5, 5.41) is 14.9. The van der Waals surface area contributed by atoms with E-state index in [1.54, 1.807) is 7.05 Å². The maximum absolute atomic E-state index is 10.6. The molecule has 0 atom stereocenters. The standard InChI is InChI=1S/C17H28N2O/c1-11(19-18-8)12-9-13(16(2,3)4)15(20)14(10-12)17(5,6)7/h9-10,18,20H,1-8H3. The Labute approximate surface area is 123 Å². The summed E-state index contributed by atoms with van der Waals surface area (Å²) in [4.78, 5) is 0. The first-order chi connectivity index (χ1) is 8.98. The van der Waals surface area contributed by atoms with Crippen molar-refractivity contribution in [2.45, 2.75) is 59.3 Å². The Bertz CT molecular complexity index is 482.